The number of halogens is 1. The third-order valence-electron chi connectivity index (χ3n) is 2.92. The number of nitrogens with two attached hydrogens (primary N) is 1. The molecule has 0 aliphatic carbocycles. The van der Waals surface area contributed by atoms with Crippen molar-refractivity contribution in [2.24, 2.45) is 5.73 Å². The van der Waals surface area contributed by atoms with Gasteiger partial charge in [-0.25, -0.2) is 9.07 Å². The summed E-state index contributed by atoms with van der Waals surface area (Å²) in [7, 11) is 3.98. The summed E-state index contributed by atoms with van der Waals surface area (Å²) in [6, 6.07) is 7.33. The Bertz CT molecular complexity index is 535. The van der Waals surface area contributed by atoms with Gasteiger partial charge in [0.15, 0.2) is 0 Å². The molecule has 20 heavy (non-hydrogen) atoms. The highest BCUT2D eigenvalue weighted by molar-refractivity contribution is 5.34. The topological polar surface area (TPSA) is 60.0 Å². The first kappa shape index (κ1) is 14.6. The Morgan fingerprint density at radius 2 is 2.00 bits per heavy atom. The van der Waals surface area contributed by atoms with Crippen molar-refractivity contribution in [1.29, 1.82) is 0 Å². The summed E-state index contributed by atoms with van der Waals surface area (Å²) in [5.74, 6) is 0. The van der Waals surface area contributed by atoms with E-state index in [-0.39, 0.29) is 0 Å². The van der Waals surface area contributed by atoms with E-state index in [1.54, 1.807) is 4.68 Å². The highest BCUT2D eigenvalue weighted by atomic mass is 19.1. The summed E-state index contributed by atoms with van der Waals surface area (Å²) in [5, 5.41) is 8.22. The zero-order valence-electron chi connectivity index (χ0n) is 11.8. The fourth-order valence-corrected chi connectivity index (χ4v) is 1.96. The van der Waals surface area contributed by atoms with Crippen molar-refractivity contribution in [2.45, 2.75) is 19.0 Å². The number of hydrogen-bond acceptors (Lipinski definition) is 4. The van der Waals surface area contributed by atoms with E-state index in [9.17, 15) is 4.39 Å². The van der Waals surface area contributed by atoms with E-state index in [0.717, 1.165) is 23.5 Å². The molecule has 108 valence electrons. The Labute approximate surface area is 118 Å². The van der Waals surface area contributed by atoms with Crippen molar-refractivity contribution in [1.82, 2.24) is 19.9 Å². The Kier molecular flexibility index (Phi) is 4.81. The average Bonchev–Trinajstić information content (AvgIpc) is 2.87. The number of nitrogens with zero attached hydrogens (tertiary/aromatic N) is 4. The molecule has 6 heteroatoms. The summed E-state index contributed by atoms with van der Waals surface area (Å²) >= 11 is 0. The van der Waals surface area contributed by atoms with Crippen molar-refractivity contribution in [2.75, 3.05) is 20.8 Å². The average molecular weight is 277 g/mol. The monoisotopic (exact) mass is 277 g/mol. The molecule has 0 aliphatic heterocycles. The maximum absolute atomic E-state index is 12.4. The molecular formula is C14H20FN5. The van der Waals surface area contributed by atoms with Crippen molar-refractivity contribution in [3.63, 3.8) is 0 Å². The van der Waals surface area contributed by atoms with Crippen molar-refractivity contribution < 1.29 is 4.39 Å². The number of rotatable bonds is 6. The lowest BCUT2D eigenvalue weighted by Gasteiger charge is -2.07. The first-order valence-electron chi connectivity index (χ1n) is 6.55. The van der Waals surface area contributed by atoms with Gasteiger partial charge in [-0.05, 0) is 38.2 Å². The molecule has 0 saturated carbocycles. The fourth-order valence-electron chi connectivity index (χ4n) is 1.96. The summed E-state index contributed by atoms with van der Waals surface area (Å²) in [4.78, 5) is 2.04. The number of aromatic nitrogens is 3. The van der Waals surface area contributed by atoms with Gasteiger partial charge in [0.1, 0.15) is 6.67 Å². The van der Waals surface area contributed by atoms with E-state index in [1.165, 1.54) is 0 Å². The predicted octanol–water partition coefficient (Wildman–Crippen LogP) is 1.17. The van der Waals surface area contributed by atoms with Crippen molar-refractivity contribution >= 4 is 0 Å². The van der Waals surface area contributed by atoms with Gasteiger partial charge >= 0.3 is 0 Å². The number of hydrogen-bond donors (Lipinski definition) is 1. The van der Waals surface area contributed by atoms with Crippen LogP contribution in [0.1, 0.15) is 11.3 Å². The van der Waals surface area contributed by atoms with Gasteiger partial charge in [0.05, 0.1) is 17.6 Å². The summed E-state index contributed by atoms with van der Waals surface area (Å²) in [5.41, 5.74) is 8.46. The van der Waals surface area contributed by atoms with Crippen LogP contribution in [-0.4, -0.2) is 46.7 Å². The Balaban J connectivity index is 2.07. The van der Waals surface area contributed by atoms with Crippen LogP contribution in [0.2, 0.25) is 0 Å². The van der Waals surface area contributed by atoms with Gasteiger partial charge in [0, 0.05) is 12.6 Å². The van der Waals surface area contributed by atoms with Crippen LogP contribution < -0.4 is 5.73 Å². The van der Waals surface area contributed by atoms with E-state index in [1.807, 2.05) is 49.5 Å². The van der Waals surface area contributed by atoms with Gasteiger partial charge in [0.2, 0.25) is 0 Å². The molecule has 0 bridgehead atoms. The van der Waals surface area contributed by atoms with Gasteiger partial charge in [0.25, 0.3) is 0 Å². The highest BCUT2D eigenvalue weighted by Gasteiger charge is 2.06. The lowest BCUT2D eigenvalue weighted by atomic mass is 10.1. The lowest BCUT2D eigenvalue weighted by Crippen LogP contribution is -2.24. The second-order valence-electron chi connectivity index (χ2n) is 5.18. The molecule has 1 heterocycles. The molecule has 2 N–H and O–H groups in total. The zero-order valence-corrected chi connectivity index (χ0v) is 11.8. The van der Waals surface area contributed by atoms with Crippen molar-refractivity contribution in [3.8, 4) is 5.69 Å². The minimum absolute atomic E-state index is 0.432. The van der Waals surface area contributed by atoms with E-state index < -0.39 is 12.7 Å². The molecule has 0 unspecified atom stereocenters. The quantitative estimate of drug-likeness (QED) is 0.861. The van der Waals surface area contributed by atoms with Crippen LogP contribution in [0, 0.1) is 0 Å². The number of alkyl halides is 1. The molecule has 0 aliphatic rings. The maximum Gasteiger partial charge on any atom is 0.105 e. The van der Waals surface area contributed by atoms with Crippen LogP contribution >= 0.6 is 0 Å². The standard InChI is InChI=1S/C14H20FN5/c1-19(2)9-13-10-20(18-17-13)14-5-3-11(4-6-14)7-12(16)8-15/h3-6,10,12H,7-9,16H2,1-2H3/t12-/m0/s1. The van der Waals surface area contributed by atoms with Gasteiger partial charge in [-0.15, -0.1) is 5.10 Å². The van der Waals surface area contributed by atoms with E-state index in [2.05, 4.69) is 10.3 Å². The normalized spacial score (nSPS) is 12.8. The Morgan fingerprint density at radius 3 is 2.60 bits per heavy atom. The molecule has 0 amide bonds. The molecule has 2 aromatic rings. The second-order valence-corrected chi connectivity index (χ2v) is 5.18. The Hall–Kier alpha value is -1.79. The molecule has 0 fully saturated rings. The van der Waals surface area contributed by atoms with Crippen LogP contribution in [-0.2, 0) is 13.0 Å². The molecular weight excluding hydrogens is 257 g/mol. The predicted molar refractivity (Wildman–Crippen MR) is 76.4 cm³/mol. The first-order chi connectivity index (χ1) is 9.58. The lowest BCUT2D eigenvalue weighted by molar-refractivity contribution is 0.396. The maximum atomic E-state index is 12.4. The molecule has 0 spiro atoms. The smallest absolute Gasteiger partial charge is 0.105 e. The highest BCUT2D eigenvalue weighted by Crippen LogP contribution is 2.11. The van der Waals surface area contributed by atoms with Crippen LogP contribution in [0.4, 0.5) is 4.39 Å². The van der Waals surface area contributed by atoms with E-state index in [4.69, 9.17) is 5.73 Å². The van der Waals surface area contributed by atoms with Gasteiger partial charge in [-0.2, -0.15) is 0 Å². The largest absolute Gasteiger partial charge is 0.325 e. The zero-order chi connectivity index (χ0) is 14.5. The summed E-state index contributed by atoms with van der Waals surface area (Å²) in [6.07, 6.45) is 2.45. The summed E-state index contributed by atoms with van der Waals surface area (Å²) in [6.45, 7) is 0.252. The third-order valence-corrected chi connectivity index (χ3v) is 2.92. The number of benzene rings is 1. The molecule has 0 saturated heterocycles. The first-order valence-corrected chi connectivity index (χ1v) is 6.55. The minimum atomic E-state index is -0.501. The third kappa shape index (κ3) is 3.85. The molecule has 1 aromatic heterocycles. The summed E-state index contributed by atoms with van der Waals surface area (Å²) < 4.78 is 14.1. The molecule has 5 nitrogen and oxygen atoms in total. The molecule has 0 radical (unpaired) electrons. The van der Waals surface area contributed by atoms with Crippen LogP contribution in [0.15, 0.2) is 30.5 Å². The van der Waals surface area contributed by atoms with Gasteiger partial charge < -0.3 is 10.6 Å². The SMILES string of the molecule is CN(C)Cc1cn(-c2ccc(C[C@H](N)CF)cc2)nn1. The second kappa shape index (κ2) is 6.58. The van der Waals surface area contributed by atoms with Crippen molar-refractivity contribution in [3.05, 3.63) is 41.7 Å². The molecule has 1 atom stereocenters. The van der Waals surface area contributed by atoms with Crippen LogP contribution in [0.25, 0.3) is 5.69 Å². The Morgan fingerprint density at radius 1 is 1.30 bits per heavy atom. The minimum Gasteiger partial charge on any atom is -0.325 e. The molecule has 1 aromatic carbocycles. The van der Waals surface area contributed by atoms with Crippen LogP contribution in [0.3, 0.4) is 0 Å². The van der Waals surface area contributed by atoms with E-state index >= 15 is 0 Å². The van der Waals surface area contributed by atoms with Crippen LogP contribution in [0.5, 0.6) is 0 Å². The fraction of sp³-hybridized carbons (Fsp3) is 0.429. The van der Waals surface area contributed by atoms with Gasteiger partial charge in [-0.3, -0.25) is 0 Å². The van der Waals surface area contributed by atoms with E-state index in [0.29, 0.717) is 6.42 Å². The van der Waals surface area contributed by atoms with Gasteiger partial charge in [-0.1, -0.05) is 17.3 Å². The molecule has 2 rings (SSSR count).